The number of para-hydroxylation sites is 1. The highest BCUT2D eigenvalue weighted by atomic mass is 16.5. The first-order chi connectivity index (χ1) is 12.7. The van der Waals surface area contributed by atoms with Crippen molar-refractivity contribution in [2.75, 3.05) is 59.0 Å². The molecule has 26 heavy (non-hydrogen) atoms. The maximum absolute atomic E-state index is 5.72. The molecule has 1 aliphatic rings. The first-order valence-corrected chi connectivity index (χ1v) is 9.89. The fraction of sp³-hybridized carbons (Fsp3) is 0.650. The number of nitrogens with one attached hydrogen (secondary N) is 2. The van der Waals surface area contributed by atoms with Crippen LogP contribution in [0.2, 0.25) is 0 Å². The number of hydrogen-bond donors (Lipinski definition) is 2. The molecular weight excluding hydrogens is 326 g/mol. The molecule has 146 valence electrons. The predicted octanol–water partition coefficient (Wildman–Crippen LogP) is 1.65. The van der Waals surface area contributed by atoms with Crippen molar-refractivity contribution >= 4 is 5.96 Å². The van der Waals surface area contributed by atoms with Crippen molar-refractivity contribution in [1.82, 2.24) is 20.4 Å². The molecule has 1 aliphatic heterocycles. The van der Waals surface area contributed by atoms with Gasteiger partial charge >= 0.3 is 0 Å². The third-order valence-electron chi connectivity index (χ3n) is 4.74. The second-order valence-electron chi connectivity index (χ2n) is 6.63. The standard InChI is InChI=1S/C20H35N5O/c1-4-21-20(22-11-16-26-19-9-7-6-8-10-19)23-17-18(3)25-14-12-24(5-2)13-15-25/h6-10,18H,4-5,11-17H2,1-3H3,(H2,21,22,23). The number of piperazine rings is 1. The summed E-state index contributed by atoms with van der Waals surface area (Å²) in [6, 6.07) is 10.4. The second-order valence-corrected chi connectivity index (χ2v) is 6.63. The number of benzene rings is 1. The molecule has 2 N–H and O–H groups in total. The lowest BCUT2D eigenvalue weighted by Gasteiger charge is -2.37. The SMILES string of the molecule is CCNC(=NCC(C)N1CCN(CC)CC1)NCCOc1ccccc1. The number of rotatable bonds is 9. The Morgan fingerprint density at radius 3 is 2.50 bits per heavy atom. The monoisotopic (exact) mass is 361 g/mol. The van der Waals surface area contributed by atoms with E-state index in [0.29, 0.717) is 12.6 Å². The summed E-state index contributed by atoms with van der Waals surface area (Å²) in [5.41, 5.74) is 0. The Balaban J connectivity index is 1.71. The summed E-state index contributed by atoms with van der Waals surface area (Å²) < 4.78 is 5.72. The molecule has 1 saturated heterocycles. The maximum atomic E-state index is 5.72. The van der Waals surface area contributed by atoms with E-state index in [-0.39, 0.29) is 0 Å². The number of ether oxygens (including phenoxy) is 1. The van der Waals surface area contributed by atoms with Crippen LogP contribution in [-0.2, 0) is 0 Å². The van der Waals surface area contributed by atoms with E-state index in [1.807, 2.05) is 30.3 Å². The van der Waals surface area contributed by atoms with Crippen LogP contribution in [-0.4, -0.2) is 80.8 Å². The van der Waals surface area contributed by atoms with Crippen molar-refractivity contribution < 1.29 is 4.74 Å². The Bertz CT molecular complexity index is 514. The molecule has 0 amide bonds. The van der Waals surface area contributed by atoms with E-state index < -0.39 is 0 Å². The third-order valence-corrected chi connectivity index (χ3v) is 4.74. The van der Waals surface area contributed by atoms with Gasteiger partial charge in [-0.25, -0.2) is 0 Å². The van der Waals surface area contributed by atoms with Crippen LogP contribution < -0.4 is 15.4 Å². The number of likely N-dealkylation sites (N-methyl/N-ethyl adjacent to an activating group) is 1. The lowest BCUT2D eigenvalue weighted by atomic mass is 10.2. The van der Waals surface area contributed by atoms with Crippen molar-refractivity contribution in [3.8, 4) is 5.75 Å². The van der Waals surface area contributed by atoms with Gasteiger partial charge in [-0.1, -0.05) is 25.1 Å². The van der Waals surface area contributed by atoms with E-state index in [4.69, 9.17) is 9.73 Å². The molecule has 1 fully saturated rings. The first-order valence-electron chi connectivity index (χ1n) is 9.89. The van der Waals surface area contributed by atoms with E-state index in [1.54, 1.807) is 0 Å². The highest BCUT2D eigenvalue weighted by molar-refractivity contribution is 5.79. The fourth-order valence-corrected chi connectivity index (χ4v) is 3.06. The van der Waals surface area contributed by atoms with Crippen LogP contribution >= 0.6 is 0 Å². The predicted molar refractivity (Wildman–Crippen MR) is 109 cm³/mol. The van der Waals surface area contributed by atoms with Gasteiger partial charge in [-0.05, 0) is 32.5 Å². The van der Waals surface area contributed by atoms with Crippen molar-refractivity contribution in [3.63, 3.8) is 0 Å². The topological polar surface area (TPSA) is 52.1 Å². The zero-order valence-corrected chi connectivity index (χ0v) is 16.6. The highest BCUT2D eigenvalue weighted by Gasteiger charge is 2.19. The molecule has 0 radical (unpaired) electrons. The molecule has 1 atom stereocenters. The molecule has 1 aromatic rings. The van der Waals surface area contributed by atoms with Gasteiger partial charge in [0.25, 0.3) is 0 Å². The van der Waals surface area contributed by atoms with Crippen LogP contribution in [0.3, 0.4) is 0 Å². The smallest absolute Gasteiger partial charge is 0.191 e. The molecular formula is C20H35N5O. The summed E-state index contributed by atoms with van der Waals surface area (Å²) in [5.74, 6) is 1.76. The minimum Gasteiger partial charge on any atom is -0.492 e. The normalized spacial score (nSPS) is 17.7. The number of guanidine groups is 1. The third kappa shape index (κ3) is 7.22. The summed E-state index contributed by atoms with van der Waals surface area (Å²) in [6.45, 7) is 15.4. The van der Waals surface area contributed by atoms with E-state index in [9.17, 15) is 0 Å². The summed E-state index contributed by atoms with van der Waals surface area (Å²) in [4.78, 5) is 9.80. The van der Waals surface area contributed by atoms with Crippen LogP contribution in [0.25, 0.3) is 0 Å². The minimum atomic E-state index is 0.463. The van der Waals surface area contributed by atoms with Gasteiger partial charge in [-0.2, -0.15) is 0 Å². The van der Waals surface area contributed by atoms with Gasteiger partial charge in [0.15, 0.2) is 5.96 Å². The largest absolute Gasteiger partial charge is 0.492 e. The van der Waals surface area contributed by atoms with Gasteiger partial charge in [-0.3, -0.25) is 9.89 Å². The molecule has 1 heterocycles. The van der Waals surface area contributed by atoms with Gasteiger partial charge in [-0.15, -0.1) is 0 Å². The molecule has 1 aromatic carbocycles. The van der Waals surface area contributed by atoms with Crippen molar-refractivity contribution in [2.24, 2.45) is 4.99 Å². The average Bonchev–Trinajstić information content (AvgIpc) is 2.70. The molecule has 2 rings (SSSR count). The molecule has 1 unspecified atom stereocenters. The number of nitrogens with zero attached hydrogens (tertiary/aromatic N) is 3. The Morgan fingerprint density at radius 2 is 1.85 bits per heavy atom. The maximum Gasteiger partial charge on any atom is 0.191 e. The van der Waals surface area contributed by atoms with E-state index in [0.717, 1.165) is 51.0 Å². The highest BCUT2D eigenvalue weighted by Crippen LogP contribution is 2.08. The molecule has 0 saturated carbocycles. The van der Waals surface area contributed by atoms with E-state index >= 15 is 0 Å². The lowest BCUT2D eigenvalue weighted by Crippen LogP contribution is -2.50. The van der Waals surface area contributed by atoms with E-state index in [2.05, 4.69) is 41.2 Å². The zero-order valence-electron chi connectivity index (χ0n) is 16.6. The lowest BCUT2D eigenvalue weighted by molar-refractivity contribution is 0.109. The van der Waals surface area contributed by atoms with Crippen LogP contribution in [0.5, 0.6) is 5.75 Å². The van der Waals surface area contributed by atoms with Gasteiger partial charge in [0, 0.05) is 38.8 Å². The summed E-state index contributed by atoms with van der Waals surface area (Å²) >= 11 is 0. The minimum absolute atomic E-state index is 0.463. The molecule has 0 spiro atoms. The van der Waals surface area contributed by atoms with Gasteiger partial charge < -0.3 is 20.3 Å². The van der Waals surface area contributed by atoms with Crippen LogP contribution in [0, 0.1) is 0 Å². The van der Waals surface area contributed by atoms with E-state index in [1.165, 1.54) is 13.1 Å². The fourth-order valence-electron chi connectivity index (χ4n) is 3.06. The van der Waals surface area contributed by atoms with Crippen LogP contribution in [0.15, 0.2) is 35.3 Å². The zero-order chi connectivity index (χ0) is 18.6. The second kappa shape index (κ2) is 11.8. The Kier molecular flexibility index (Phi) is 9.28. The average molecular weight is 362 g/mol. The quantitative estimate of drug-likeness (QED) is 0.398. The molecule has 0 aromatic heterocycles. The Labute approximate surface area is 158 Å². The first kappa shape index (κ1) is 20.5. The Hall–Kier alpha value is -1.79. The van der Waals surface area contributed by atoms with Crippen molar-refractivity contribution in [1.29, 1.82) is 0 Å². The van der Waals surface area contributed by atoms with Gasteiger partial charge in [0.05, 0.1) is 13.1 Å². The molecule has 0 bridgehead atoms. The van der Waals surface area contributed by atoms with Gasteiger partial charge in [0.2, 0.25) is 0 Å². The van der Waals surface area contributed by atoms with Crippen molar-refractivity contribution in [2.45, 2.75) is 26.8 Å². The van der Waals surface area contributed by atoms with Crippen LogP contribution in [0.4, 0.5) is 0 Å². The number of hydrogen-bond acceptors (Lipinski definition) is 4. The molecule has 6 nitrogen and oxygen atoms in total. The van der Waals surface area contributed by atoms with Crippen LogP contribution in [0.1, 0.15) is 20.8 Å². The number of aliphatic imine (C=N–C) groups is 1. The summed E-state index contributed by atoms with van der Waals surface area (Å²) in [7, 11) is 0. The Morgan fingerprint density at radius 1 is 1.12 bits per heavy atom. The van der Waals surface area contributed by atoms with Gasteiger partial charge in [0.1, 0.15) is 12.4 Å². The molecule has 6 heteroatoms. The molecule has 0 aliphatic carbocycles. The van der Waals surface area contributed by atoms with Crippen molar-refractivity contribution in [3.05, 3.63) is 30.3 Å². The summed E-state index contributed by atoms with van der Waals surface area (Å²) in [5, 5.41) is 6.66. The summed E-state index contributed by atoms with van der Waals surface area (Å²) in [6.07, 6.45) is 0.